The quantitative estimate of drug-likeness (QED) is 0.0852. The number of carbonyl (C=O) groups is 2. The molecule has 1 aliphatic heterocycles. The Balaban J connectivity index is 1.81. The molecule has 1 heterocycles. The smallest absolute Gasteiger partial charge is 0.302 e. The van der Waals surface area contributed by atoms with Crippen molar-refractivity contribution < 1.29 is 28.2 Å². The first-order valence-electron chi connectivity index (χ1n) is 15.6. The number of rotatable bonds is 18. The Bertz CT molecular complexity index is 1170. The van der Waals surface area contributed by atoms with Gasteiger partial charge >= 0.3 is 11.9 Å². The van der Waals surface area contributed by atoms with Gasteiger partial charge in [-0.15, -0.1) is 0 Å². The van der Waals surface area contributed by atoms with Crippen LogP contribution in [0.5, 0.6) is 0 Å². The molecule has 2 aromatic rings. The van der Waals surface area contributed by atoms with Gasteiger partial charge in [0.25, 0.3) is 8.32 Å². The van der Waals surface area contributed by atoms with Crippen molar-refractivity contribution in [2.75, 3.05) is 26.9 Å². The highest BCUT2D eigenvalue weighted by molar-refractivity contribution is 7.03. The van der Waals surface area contributed by atoms with Gasteiger partial charge in [0, 0.05) is 21.0 Å². The zero-order chi connectivity index (χ0) is 30.8. The van der Waals surface area contributed by atoms with Crippen LogP contribution in [0, 0.1) is 0 Å². The molecular weight excluding hydrogens is 556 g/mol. The van der Waals surface area contributed by atoms with Crippen LogP contribution in [0.2, 0.25) is 0 Å². The van der Waals surface area contributed by atoms with Gasteiger partial charge in [-0.05, 0) is 78.9 Å². The van der Waals surface area contributed by atoms with E-state index in [4.69, 9.17) is 18.6 Å². The molecule has 0 fully saturated rings. The summed E-state index contributed by atoms with van der Waals surface area (Å²) in [4.78, 5) is 22.1. The van der Waals surface area contributed by atoms with Gasteiger partial charge in [-0.2, -0.15) is 0 Å². The van der Waals surface area contributed by atoms with Crippen molar-refractivity contribution >= 4 is 30.6 Å². The molecule has 6 nitrogen and oxygen atoms in total. The lowest BCUT2D eigenvalue weighted by Crippen LogP contribution is -2.65. The van der Waals surface area contributed by atoms with Crippen LogP contribution < -0.4 is 10.4 Å². The molecule has 0 N–H and O–H groups in total. The van der Waals surface area contributed by atoms with Crippen LogP contribution in [-0.2, 0) is 28.2 Å². The standard InChI is InChI=1S/C36H48O6Si/c1-30(37)40-26-18-8-6-4-5-7-12-20-33-28-32(29-39-3)36(25-17-11-19-27-41-31(2)38)43(42-33,34-21-13-9-14-22-34)35-23-15-10-16-24-35/h4-5,9-10,13-16,21-25,28,33H,6-8,11-12,17-20,26-27,29H2,1-3H3/b5-4+,36-25-. The van der Waals surface area contributed by atoms with Crippen LogP contribution in [0.15, 0.2) is 95.7 Å². The third-order valence-corrected chi connectivity index (χ3v) is 11.7. The molecule has 0 aliphatic carbocycles. The van der Waals surface area contributed by atoms with Gasteiger partial charge < -0.3 is 18.6 Å². The molecule has 0 saturated heterocycles. The topological polar surface area (TPSA) is 71.1 Å². The van der Waals surface area contributed by atoms with Crippen LogP contribution in [0.25, 0.3) is 0 Å². The largest absolute Gasteiger partial charge is 0.466 e. The summed E-state index contributed by atoms with van der Waals surface area (Å²) in [5.74, 6) is -0.449. The van der Waals surface area contributed by atoms with Gasteiger partial charge in [0.15, 0.2) is 0 Å². The molecule has 43 heavy (non-hydrogen) atoms. The van der Waals surface area contributed by atoms with E-state index in [-0.39, 0.29) is 18.0 Å². The van der Waals surface area contributed by atoms with Crippen LogP contribution in [-0.4, -0.2) is 53.3 Å². The molecule has 0 spiro atoms. The minimum atomic E-state index is -2.84. The van der Waals surface area contributed by atoms with E-state index in [0.717, 1.165) is 57.8 Å². The van der Waals surface area contributed by atoms with Gasteiger partial charge in [0.05, 0.1) is 25.9 Å². The van der Waals surface area contributed by atoms with E-state index in [0.29, 0.717) is 19.8 Å². The highest BCUT2D eigenvalue weighted by Crippen LogP contribution is 2.33. The number of carbonyl (C=O) groups excluding carboxylic acids is 2. The maximum atomic E-state index is 11.2. The number of hydrogen-bond donors (Lipinski definition) is 0. The Labute approximate surface area is 258 Å². The number of ether oxygens (including phenoxy) is 3. The monoisotopic (exact) mass is 604 g/mol. The summed E-state index contributed by atoms with van der Waals surface area (Å²) in [6, 6.07) is 21.4. The second-order valence-corrected chi connectivity index (χ2v) is 14.2. The Morgan fingerprint density at radius 3 is 1.84 bits per heavy atom. The average Bonchev–Trinajstić information content (AvgIpc) is 3.01. The summed E-state index contributed by atoms with van der Waals surface area (Å²) in [5.41, 5.74) is 1.21. The zero-order valence-corrected chi connectivity index (χ0v) is 27.1. The molecule has 0 radical (unpaired) electrons. The highest BCUT2D eigenvalue weighted by atomic mass is 28.4. The van der Waals surface area contributed by atoms with E-state index in [1.54, 1.807) is 7.11 Å². The SMILES string of the molecule is COCC1=CC(CCC/C=C/CCCCOC(C)=O)O[Si](c2ccccc2)(c2ccccc2)/C1=C\CCCCOC(C)=O. The Kier molecular flexibility index (Phi) is 15.2. The van der Waals surface area contributed by atoms with E-state index in [9.17, 15) is 9.59 Å². The summed E-state index contributed by atoms with van der Waals surface area (Å²) >= 11 is 0. The van der Waals surface area contributed by atoms with E-state index in [1.165, 1.54) is 35.0 Å². The first kappa shape index (κ1) is 34.2. The summed E-state index contributed by atoms with van der Waals surface area (Å²) in [7, 11) is -1.09. The molecule has 1 aliphatic rings. The van der Waals surface area contributed by atoms with Gasteiger partial charge in [0.1, 0.15) is 0 Å². The fraction of sp³-hybridized carbons (Fsp3) is 0.444. The minimum absolute atomic E-state index is 0.0181. The summed E-state index contributed by atoms with van der Waals surface area (Å²) in [6.07, 6.45) is 17.6. The number of hydrogen-bond acceptors (Lipinski definition) is 6. The Morgan fingerprint density at radius 2 is 1.30 bits per heavy atom. The van der Waals surface area contributed by atoms with Crippen molar-refractivity contribution in [1.82, 2.24) is 0 Å². The summed E-state index contributed by atoms with van der Waals surface area (Å²) in [6.45, 7) is 4.37. The number of esters is 2. The molecule has 0 bridgehead atoms. The third kappa shape index (κ3) is 11.1. The van der Waals surface area contributed by atoms with Crippen molar-refractivity contribution in [3.05, 3.63) is 95.7 Å². The molecule has 1 atom stereocenters. The molecule has 232 valence electrons. The maximum absolute atomic E-state index is 11.2. The maximum Gasteiger partial charge on any atom is 0.302 e. The molecule has 0 aromatic heterocycles. The van der Waals surface area contributed by atoms with Gasteiger partial charge in [-0.1, -0.05) is 85.0 Å². The first-order chi connectivity index (χ1) is 21.0. The molecule has 0 amide bonds. The minimum Gasteiger partial charge on any atom is -0.466 e. The fourth-order valence-corrected chi connectivity index (χ4v) is 9.84. The van der Waals surface area contributed by atoms with Crippen molar-refractivity contribution in [2.45, 2.75) is 77.7 Å². The number of benzene rings is 2. The van der Waals surface area contributed by atoms with Crippen molar-refractivity contribution in [2.24, 2.45) is 0 Å². The highest BCUT2D eigenvalue weighted by Gasteiger charge is 2.48. The predicted octanol–water partition coefficient (Wildman–Crippen LogP) is 6.38. The molecule has 3 rings (SSSR count). The summed E-state index contributed by atoms with van der Waals surface area (Å²) < 4.78 is 23.3. The van der Waals surface area contributed by atoms with Crippen LogP contribution in [0.3, 0.4) is 0 Å². The normalized spacial score (nSPS) is 17.1. The molecular formula is C36H48O6Si. The van der Waals surface area contributed by atoms with E-state index in [1.807, 2.05) is 0 Å². The molecule has 2 aromatic carbocycles. The average molecular weight is 605 g/mol. The van der Waals surface area contributed by atoms with Crippen LogP contribution in [0.4, 0.5) is 0 Å². The van der Waals surface area contributed by atoms with Crippen molar-refractivity contribution in [3.8, 4) is 0 Å². The molecule has 0 saturated carbocycles. The number of allylic oxidation sites excluding steroid dienone is 3. The summed E-state index contributed by atoms with van der Waals surface area (Å²) in [5, 5.41) is 3.71. The Hall–Kier alpha value is -3.26. The number of methoxy groups -OCH3 is 1. The number of unbranched alkanes of at least 4 members (excludes halogenated alkanes) is 5. The third-order valence-electron chi connectivity index (χ3n) is 7.45. The second kappa shape index (κ2) is 19.1. The predicted molar refractivity (Wildman–Crippen MR) is 175 cm³/mol. The van der Waals surface area contributed by atoms with Gasteiger partial charge in [-0.25, -0.2) is 0 Å². The van der Waals surface area contributed by atoms with Crippen LogP contribution >= 0.6 is 0 Å². The van der Waals surface area contributed by atoms with Gasteiger partial charge in [-0.3, -0.25) is 9.59 Å². The lowest BCUT2D eigenvalue weighted by Gasteiger charge is -2.42. The van der Waals surface area contributed by atoms with Crippen LogP contribution in [0.1, 0.15) is 71.6 Å². The fourth-order valence-electron chi connectivity index (χ4n) is 5.48. The molecule has 7 heteroatoms. The van der Waals surface area contributed by atoms with E-state index < -0.39 is 8.32 Å². The molecule has 1 unspecified atom stereocenters. The lowest BCUT2D eigenvalue weighted by atomic mass is 10.1. The lowest BCUT2D eigenvalue weighted by molar-refractivity contribution is -0.142. The zero-order valence-electron chi connectivity index (χ0n) is 26.1. The Morgan fingerprint density at radius 1 is 0.767 bits per heavy atom. The first-order valence-corrected chi connectivity index (χ1v) is 17.5. The van der Waals surface area contributed by atoms with E-state index >= 15 is 0 Å². The van der Waals surface area contributed by atoms with Crippen molar-refractivity contribution in [3.63, 3.8) is 0 Å². The van der Waals surface area contributed by atoms with Crippen molar-refractivity contribution in [1.29, 1.82) is 0 Å². The van der Waals surface area contributed by atoms with E-state index in [2.05, 4.69) is 85.0 Å². The van der Waals surface area contributed by atoms with Gasteiger partial charge in [0.2, 0.25) is 0 Å². The second-order valence-electron chi connectivity index (χ2n) is 10.9.